The van der Waals surface area contributed by atoms with Crippen molar-refractivity contribution in [2.45, 2.75) is 11.8 Å². The quantitative estimate of drug-likeness (QED) is 0.431. The van der Waals surface area contributed by atoms with Gasteiger partial charge in [0, 0.05) is 4.90 Å². The van der Waals surface area contributed by atoms with Crippen molar-refractivity contribution in [2.75, 3.05) is 11.2 Å². The molecule has 0 aromatic heterocycles. The van der Waals surface area contributed by atoms with E-state index in [-0.39, 0.29) is 5.91 Å². The van der Waals surface area contributed by atoms with E-state index in [1.54, 1.807) is 16.7 Å². The molecule has 2 aromatic rings. The Balaban J connectivity index is 1.88. The summed E-state index contributed by atoms with van der Waals surface area (Å²) < 4.78 is 0.575. The molecule has 0 saturated carbocycles. The third-order valence-electron chi connectivity index (χ3n) is 3.50. The summed E-state index contributed by atoms with van der Waals surface area (Å²) in [4.78, 5) is 16.1. The van der Waals surface area contributed by atoms with Crippen molar-refractivity contribution in [2.24, 2.45) is 0 Å². The van der Waals surface area contributed by atoms with Gasteiger partial charge in [-0.3, -0.25) is 9.69 Å². The second-order valence-corrected chi connectivity index (χ2v) is 7.68. The van der Waals surface area contributed by atoms with Crippen LogP contribution in [0.25, 0.3) is 6.08 Å². The maximum atomic E-state index is 12.7. The van der Waals surface area contributed by atoms with Gasteiger partial charge in [0.2, 0.25) is 0 Å². The van der Waals surface area contributed by atoms with Crippen LogP contribution in [0.2, 0.25) is 0 Å². The molecule has 0 N–H and O–H groups in total. The van der Waals surface area contributed by atoms with E-state index in [0.29, 0.717) is 9.23 Å². The zero-order valence-corrected chi connectivity index (χ0v) is 15.2. The zero-order chi connectivity index (χ0) is 16.4. The Bertz CT molecular complexity index is 779. The number of nitrogens with zero attached hydrogens (tertiary/aromatic N) is 1. The molecule has 3 rings (SSSR count). The zero-order valence-electron chi connectivity index (χ0n) is 12.8. The van der Waals surface area contributed by atoms with E-state index in [2.05, 4.69) is 12.1 Å². The highest BCUT2D eigenvalue weighted by atomic mass is 32.2. The molecular weight excluding hydrogens is 342 g/mol. The number of benzene rings is 2. The highest BCUT2D eigenvalue weighted by Gasteiger charge is 2.33. The molecule has 0 radical (unpaired) electrons. The average Bonchev–Trinajstić information content (AvgIpc) is 2.83. The second-order valence-electron chi connectivity index (χ2n) is 5.13. The molecule has 23 heavy (non-hydrogen) atoms. The van der Waals surface area contributed by atoms with Crippen LogP contribution in [0.5, 0.6) is 0 Å². The molecule has 0 unspecified atom stereocenters. The standard InChI is InChI=1S/C18H15NOS3/c1-12-3-7-14(8-4-12)19-17(20)16(23-18(19)21)11-13-5-9-15(22-2)10-6-13/h3-11H,1-2H3/b16-11-. The van der Waals surface area contributed by atoms with E-state index in [1.165, 1.54) is 16.7 Å². The van der Waals surface area contributed by atoms with Crippen molar-refractivity contribution in [3.8, 4) is 0 Å². The number of hydrogen-bond acceptors (Lipinski definition) is 4. The molecular formula is C18H15NOS3. The molecule has 116 valence electrons. The van der Waals surface area contributed by atoms with Gasteiger partial charge < -0.3 is 0 Å². The van der Waals surface area contributed by atoms with Crippen molar-refractivity contribution >= 4 is 57.7 Å². The number of aryl methyl sites for hydroxylation is 1. The second kappa shape index (κ2) is 6.91. The number of thioether (sulfide) groups is 2. The summed E-state index contributed by atoms with van der Waals surface area (Å²) in [6.07, 6.45) is 3.94. The fourth-order valence-electron chi connectivity index (χ4n) is 2.24. The highest BCUT2D eigenvalue weighted by Crippen LogP contribution is 2.36. The lowest BCUT2D eigenvalue weighted by Gasteiger charge is -2.14. The van der Waals surface area contributed by atoms with Gasteiger partial charge in [-0.25, -0.2) is 0 Å². The van der Waals surface area contributed by atoms with Crippen LogP contribution in [-0.2, 0) is 4.79 Å². The molecule has 0 bridgehead atoms. The smallest absolute Gasteiger partial charge is 0.268 e. The summed E-state index contributed by atoms with van der Waals surface area (Å²) in [6.45, 7) is 2.02. The summed E-state index contributed by atoms with van der Waals surface area (Å²) in [7, 11) is 0. The Morgan fingerprint density at radius 3 is 2.35 bits per heavy atom. The molecule has 2 nitrogen and oxygen atoms in total. The number of anilines is 1. The first-order valence-electron chi connectivity index (χ1n) is 7.07. The minimum atomic E-state index is -0.0576. The van der Waals surface area contributed by atoms with Crippen LogP contribution in [0.3, 0.4) is 0 Å². The Labute approximate surface area is 150 Å². The van der Waals surface area contributed by atoms with Gasteiger partial charge in [0.15, 0.2) is 4.32 Å². The fourth-order valence-corrected chi connectivity index (χ4v) is 3.94. The van der Waals surface area contributed by atoms with Crippen molar-refractivity contribution in [1.82, 2.24) is 0 Å². The van der Waals surface area contributed by atoms with Gasteiger partial charge in [0.25, 0.3) is 5.91 Å². The Kier molecular flexibility index (Phi) is 4.90. The maximum absolute atomic E-state index is 12.7. The number of carbonyl (C=O) groups excluding carboxylic acids is 1. The van der Waals surface area contributed by atoms with Crippen molar-refractivity contribution in [1.29, 1.82) is 0 Å². The summed E-state index contributed by atoms with van der Waals surface area (Å²) in [5.74, 6) is -0.0576. The summed E-state index contributed by atoms with van der Waals surface area (Å²) in [6, 6.07) is 16.0. The molecule has 1 aliphatic rings. The van der Waals surface area contributed by atoms with E-state index in [0.717, 1.165) is 16.8 Å². The molecule has 1 saturated heterocycles. The number of hydrogen-bond donors (Lipinski definition) is 0. The van der Waals surface area contributed by atoms with Crippen LogP contribution in [-0.4, -0.2) is 16.5 Å². The first kappa shape index (κ1) is 16.3. The van der Waals surface area contributed by atoms with E-state index in [4.69, 9.17) is 12.2 Å². The van der Waals surface area contributed by atoms with E-state index < -0.39 is 0 Å². The lowest BCUT2D eigenvalue weighted by Crippen LogP contribution is -2.27. The number of thiocarbonyl (C=S) groups is 1. The average molecular weight is 358 g/mol. The molecule has 1 heterocycles. The molecule has 5 heteroatoms. The monoisotopic (exact) mass is 357 g/mol. The third-order valence-corrected chi connectivity index (χ3v) is 5.55. The number of amides is 1. The van der Waals surface area contributed by atoms with Gasteiger partial charge in [-0.05, 0) is 49.1 Å². The molecule has 0 spiro atoms. The first-order chi connectivity index (χ1) is 11.1. The number of carbonyl (C=O) groups is 1. The summed E-state index contributed by atoms with van der Waals surface area (Å²) in [5.41, 5.74) is 2.98. The third kappa shape index (κ3) is 3.52. The van der Waals surface area contributed by atoms with Gasteiger partial charge in [-0.15, -0.1) is 11.8 Å². The van der Waals surface area contributed by atoms with Crippen molar-refractivity contribution in [3.05, 3.63) is 64.6 Å². The predicted octanol–water partition coefficient (Wildman–Crippen LogP) is 5.12. The Hall–Kier alpha value is -1.56. The van der Waals surface area contributed by atoms with Gasteiger partial charge in [0.1, 0.15) is 0 Å². The Morgan fingerprint density at radius 2 is 1.74 bits per heavy atom. The van der Waals surface area contributed by atoms with Gasteiger partial charge in [0.05, 0.1) is 10.6 Å². The SMILES string of the molecule is CSc1ccc(/C=C2\SC(=S)N(c3ccc(C)cc3)C2=O)cc1. The van der Waals surface area contributed by atoms with Gasteiger partial charge in [-0.2, -0.15) is 0 Å². The molecule has 1 amide bonds. The minimum Gasteiger partial charge on any atom is -0.268 e. The maximum Gasteiger partial charge on any atom is 0.270 e. The van der Waals surface area contributed by atoms with Crippen LogP contribution in [0.15, 0.2) is 58.3 Å². The molecule has 1 fully saturated rings. The van der Waals surface area contributed by atoms with Gasteiger partial charge >= 0.3 is 0 Å². The lowest BCUT2D eigenvalue weighted by atomic mass is 10.2. The van der Waals surface area contributed by atoms with E-state index >= 15 is 0 Å². The summed E-state index contributed by atoms with van der Waals surface area (Å²) in [5, 5.41) is 0. The van der Waals surface area contributed by atoms with Gasteiger partial charge in [-0.1, -0.05) is 53.8 Å². The van der Waals surface area contributed by atoms with Crippen molar-refractivity contribution < 1.29 is 4.79 Å². The first-order valence-corrected chi connectivity index (χ1v) is 9.52. The number of rotatable bonds is 3. The van der Waals surface area contributed by atoms with E-state index in [1.807, 2.05) is 55.7 Å². The van der Waals surface area contributed by atoms with Crippen LogP contribution < -0.4 is 4.90 Å². The Morgan fingerprint density at radius 1 is 1.09 bits per heavy atom. The highest BCUT2D eigenvalue weighted by molar-refractivity contribution is 8.27. The lowest BCUT2D eigenvalue weighted by molar-refractivity contribution is -0.113. The molecule has 0 aliphatic carbocycles. The minimum absolute atomic E-state index is 0.0576. The molecule has 1 aliphatic heterocycles. The van der Waals surface area contributed by atoms with Crippen LogP contribution >= 0.6 is 35.7 Å². The normalized spacial score (nSPS) is 16.4. The summed E-state index contributed by atoms with van der Waals surface area (Å²) >= 11 is 8.44. The van der Waals surface area contributed by atoms with Crippen LogP contribution in [0.1, 0.15) is 11.1 Å². The predicted molar refractivity (Wildman–Crippen MR) is 105 cm³/mol. The largest absolute Gasteiger partial charge is 0.270 e. The topological polar surface area (TPSA) is 20.3 Å². The van der Waals surface area contributed by atoms with Crippen molar-refractivity contribution in [3.63, 3.8) is 0 Å². The van der Waals surface area contributed by atoms with Crippen LogP contribution in [0, 0.1) is 6.92 Å². The fraction of sp³-hybridized carbons (Fsp3) is 0.111. The van der Waals surface area contributed by atoms with E-state index in [9.17, 15) is 4.79 Å². The molecule has 0 atom stereocenters. The van der Waals surface area contributed by atoms with Crippen LogP contribution in [0.4, 0.5) is 5.69 Å². The molecule has 2 aromatic carbocycles.